The number of likely N-dealkylation sites (tertiary alicyclic amines) is 1. The van der Waals surface area contributed by atoms with Crippen LogP contribution < -0.4 is 10.2 Å². The van der Waals surface area contributed by atoms with Crippen LogP contribution in [0.5, 0.6) is 0 Å². The molecule has 1 aliphatic rings. The molecule has 3 heteroatoms. The summed E-state index contributed by atoms with van der Waals surface area (Å²) in [6.07, 6.45) is 1.24. The molecule has 1 aromatic rings. The van der Waals surface area contributed by atoms with Gasteiger partial charge in [0.05, 0.1) is 11.4 Å². The van der Waals surface area contributed by atoms with Crippen molar-refractivity contribution < 1.29 is 0 Å². The summed E-state index contributed by atoms with van der Waals surface area (Å²) in [7, 11) is 4.19. The molecule has 0 radical (unpaired) electrons. The fourth-order valence-electron chi connectivity index (χ4n) is 2.58. The number of hydrogen-bond acceptors (Lipinski definition) is 3. The van der Waals surface area contributed by atoms with Crippen LogP contribution in [0.3, 0.4) is 0 Å². The van der Waals surface area contributed by atoms with Crippen molar-refractivity contribution in [3.05, 3.63) is 24.3 Å². The van der Waals surface area contributed by atoms with Gasteiger partial charge in [-0.1, -0.05) is 12.1 Å². The van der Waals surface area contributed by atoms with Crippen LogP contribution in [-0.2, 0) is 0 Å². The average molecular weight is 247 g/mol. The highest BCUT2D eigenvalue weighted by molar-refractivity contribution is 5.69. The number of benzene rings is 1. The molecule has 0 aromatic heterocycles. The number of anilines is 2. The molecule has 0 saturated carbocycles. The molecule has 2 rings (SSSR count). The number of nitrogens with one attached hydrogen (secondary N) is 1. The van der Waals surface area contributed by atoms with Crippen LogP contribution in [0.15, 0.2) is 24.3 Å². The van der Waals surface area contributed by atoms with Gasteiger partial charge < -0.3 is 10.2 Å². The molecule has 1 saturated heterocycles. The molecule has 0 amide bonds. The van der Waals surface area contributed by atoms with Crippen molar-refractivity contribution in [1.82, 2.24) is 4.90 Å². The van der Waals surface area contributed by atoms with Gasteiger partial charge in [0.1, 0.15) is 0 Å². The Hall–Kier alpha value is -1.22. The van der Waals surface area contributed by atoms with E-state index in [0.717, 1.165) is 6.54 Å². The van der Waals surface area contributed by atoms with E-state index in [0.29, 0.717) is 12.1 Å². The van der Waals surface area contributed by atoms with Crippen LogP contribution in [0.1, 0.15) is 20.3 Å². The summed E-state index contributed by atoms with van der Waals surface area (Å²) in [5, 5.41) is 3.69. The van der Waals surface area contributed by atoms with Gasteiger partial charge in [0.2, 0.25) is 0 Å². The molecule has 3 nitrogen and oxygen atoms in total. The average Bonchev–Trinajstić information content (AvgIpc) is 2.78. The van der Waals surface area contributed by atoms with Crippen LogP contribution in [0.2, 0.25) is 0 Å². The summed E-state index contributed by atoms with van der Waals surface area (Å²) < 4.78 is 0. The molecular formula is C15H25N3. The molecule has 0 bridgehead atoms. The quantitative estimate of drug-likeness (QED) is 0.882. The van der Waals surface area contributed by atoms with Crippen molar-refractivity contribution >= 4 is 11.4 Å². The molecule has 100 valence electrons. The van der Waals surface area contributed by atoms with Crippen molar-refractivity contribution in [2.75, 3.05) is 37.4 Å². The molecule has 0 spiro atoms. The summed E-state index contributed by atoms with van der Waals surface area (Å²) in [5.74, 6) is 0. The van der Waals surface area contributed by atoms with E-state index in [-0.39, 0.29) is 0 Å². The predicted octanol–water partition coefficient (Wildman–Crippen LogP) is 2.65. The molecular weight excluding hydrogens is 222 g/mol. The van der Waals surface area contributed by atoms with Gasteiger partial charge in [-0.15, -0.1) is 0 Å². The SMILES string of the molecule is CC(C)N1CCC(Nc2ccccc2N(C)C)C1. The third-order valence-corrected chi connectivity index (χ3v) is 3.70. The standard InChI is InChI=1S/C15H25N3/c1-12(2)18-10-9-13(11-18)16-14-7-5-6-8-15(14)17(3)4/h5-8,12-13,16H,9-11H2,1-4H3. The molecule has 1 heterocycles. The molecule has 1 fully saturated rings. The zero-order chi connectivity index (χ0) is 13.1. The lowest BCUT2D eigenvalue weighted by Gasteiger charge is -2.23. The highest BCUT2D eigenvalue weighted by atomic mass is 15.2. The Morgan fingerprint density at radius 3 is 2.61 bits per heavy atom. The van der Waals surface area contributed by atoms with Gasteiger partial charge in [-0.3, -0.25) is 4.90 Å². The van der Waals surface area contributed by atoms with Crippen LogP contribution in [0, 0.1) is 0 Å². The first-order chi connectivity index (χ1) is 8.58. The zero-order valence-electron chi connectivity index (χ0n) is 12.0. The second-order valence-corrected chi connectivity index (χ2v) is 5.63. The van der Waals surface area contributed by atoms with Crippen molar-refractivity contribution in [2.45, 2.75) is 32.4 Å². The van der Waals surface area contributed by atoms with Gasteiger partial charge in [0, 0.05) is 39.3 Å². The highest BCUT2D eigenvalue weighted by Gasteiger charge is 2.24. The Balaban J connectivity index is 2.02. The second kappa shape index (κ2) is 5.61. The Morgan fingerprint density at radius 2 is 2.00 bits per heavy atom. The van der Waals surface area contributed by atoms with Gasteiger partial charge in [-0.05, 0) is 32.4 Å². The first-order valence-corrected chi connectivity index (χ1v) is 6.85. The number of nitrogens with zero attached hydrogens (tertiary/aromatic N) is 2. The van der Waals surface area contributed by atoms with Gasteiger partial charge in [-0.25, -0.2) is 0 Å². The topological polar surface area (TPSA) is 18.5 Å². The number of hydrogen-bond donors (Lipinski definition) is 1. The van der Waals surface area contributed by atoms with E-state index in [4.69, 9.17) is 0 Å². The molecule has 1 atom stereocenters. The van der Waals surface area contributed by atoms with Gasteiger partial charge in [0.25, 0.3) is 0 Å². The molecule has 18 heavy (non-hydrogen) atoms. The maximum atomic E-state index is 3.69. The van der Waals surface area contributed by atoms with E-state index >= 15 is 0 Å². The lowest BCUT2D eigenvalue weighted by atomic mass is 10.2. The van der Waals surface area contributed by atoms with Crippen LogP contribution in [0.25, 0.3) is 0 Å². The van der Waals surface area contributed by atoms with Crippen molar-refractivity contribution in [2.24, 2.45) is 0 Å². The Bertz CT molecular complexity index is 387. The van der Waals surface area contributed by atoms with Crippen LogP contribution in [0.4, 0.5) is 11.4 Å². The van der Waals surface area contributed by atoms with Crippen molar-refractivity contribution in [3.8, 4) is 0 Å². The minimum Gasteiger partial charge on any atom is -0.379 e. The molecule has 1 unspecified atom stereocenters. The zero-order valence-corrected chi connectivity index (χ0v) is 12.0. The molecule has 1 N–H and O–H groups in total. The summed E-state index contributed by atoms with van der Waals surface area (Å²) in [6, 6.07) is 9.76. The minimum absolute atomic E-state index is 0.577. The molecule has 1 aliphatic heterocycles. The Morgan fingerprint density at radius 1 is 1.28 bits per heavy atom. The van der Waals surface area contributed by atoms with Crippen LogP contribution >= 0.6 is 0 Å². The third kappa shape index (κ3) is 2.96. The molecule has 0 aliphatic carbocycles. The van der Waals surface area contributed by atoms with E-state index in [9.17, 15) is 0 Å². The molecule has 1 aromatic carbocycles. The van der Waals surface area contributed by atoms with Crippen LogP contribution in [-0.4, -0.2) is 44.2 Å². The largest absolute Gasteiger partial charge is 0.379 e. The maximum Gasteiger partial charge on any atom is 0.0596 e. The highest BCUT2D eigenvalue weighted by Crippen LogP contribution is 2.26. The van der Waals surface area contributed by atoms with Crippen molar-refractivity contribution in [3.63, 3.8) is 0 Å². The van der Waals surface area contributed by atoms with E-state index in [1.807, 2.05) is 0 Å². The van der Waals surface area contributed by atoms with Gasteiger partial charge in [-0.2, -0.15) is 0 Å². The van der Waals surface area contributed by atoms with E-state index in [1.165, 1.54) is 24.3 Å². The first-order valence-electron chi connectivity index (χ1n) is 6.85. The summed E-state index contributed by atoms with van der Waals surface area (Å²) in [6.45, 7) is 6.91. The van der Waals surface area contributed by atoms with E-state index in [1.54, 1.807) is 0 Å². The van der Waals surface area contributed by atoms with Gasteiger partial charge >= 0.3 is 0 Å². The van der Waals surface area contributed by atoms with E-state index in [2.05, 4.69) is 67.3 Å². The van der Waals surface area contributed by atoms with E-state index < -0.39 is 0 Å². The van der Waals surface area contributed by atoms with Gasteiger partial charge in [0.15, 0.2) is 0 Å². The normalized spacial score (nSPS) is 20.4. The number of para-hydroxylation sites is 2. The smallest absolute Gasteiger partial charge is 0.0596 e. The predicted molar refractivity (Wildman–Crippen MR) is 79.5 cm³/mol. The fourth-order valence-corrected chi connectivity index (χ4v) is 2.58. The second-order valence-electron chi connectivity index (χ2n) is 5.63. The fraction of sp³-hybridized carbons (Fsp3) is 0.600. The lowest BCUT2D eigenvalue weighted by molar-refractivity contribution is 0.274. The monoisotopic (exact) mass is 247 g/mol. The third-order valence-electron chi connectivity index (χ3n) is 3.70. The summed E-state index contributed by atoms with van der Waals surface area (Å²) in [4.78, 5) is 4.70. The minimum atomic E-state index is 0.577. The first kappa shape index (κ1) is 13.2. The lowest BCUT2D eigenvalue weighted by Crippen LogP contribution is -2.31. The summed E-state index contributed by atoms with van der Waals surface area (Å²) in [5.41, 5.74) is 2.51. The Labute approximate surface area is 111 Å². The van der Waals surface area contributed by atoms with Crippen molar-refractivity contribution in [1.29, 1.82) is 0 Å². The number of rotatable bonds is 4. The summed E-state index contributed by atoms with van der Waals surface area (Å²) >= 11 is 0. The maximum absolute atomic E-state index is 3.69. The Kier molecular flexibility index (Phi) is 4.12.